The van der Waals surface area contributed by atoms with E-state index >= 15 is 4.79 Å². The third kappa shape index (κ3) is 15.9. The second-order valence-corrected chi connectivity index (χ2v) is 23.1. The standard InChI is InChI=1S/C64H80N12O8/c1-36(2)25-52(71-58(78)47(65)28-39-32-67-48-19-11-7-15-43(39)48)60(80)75-56(30-41-34-69-50-21-13-9-17-45(41)50)63(83)73-54(27-38(5)6)62(82)76-57(31-42-35-70-51-22-14-10-18-46(42)51)64(84)72-53(26-37(3)4)61(81)74-55(59(79)66-23-24-77)29-40-33-68-49-20-12-8-16-44(40)49/h7-22,32-38,47,52-57,67-70,77H,23-31,65H2,1-6H3,(H,66,79)(H,71,78)(H,72,84)(H,73,83)(H,74,81)(H,75,80)(H,76,82)/t47-,52+,53+,54+,55-,56-,57-/m0/s1. The molecule has 0 bridgehead atoms. The number of amides is 7. The molecule has 20 heteroatoms. The first-order valence-corrected chi connectivity index (χ1v) is 29.0. The van der Waals surface area contributed by atoms with Crippen molar-refractivity contribution in [3.05, 3.63) is 144 Å². The fraction of sp³-hybridized carbons (Fsp3) is 0.391. The Morgan fingerprint density at radius 2 is 0.643 bits per heavy atom. The number of hydrogen-bond acceptors (Lipinski definition) is 9. The van der Waals surface area contributed by atoms with Gasteiger partial charge in [-0.3, -0.25) is 33.6 Å². The van der Waals surface area contributed by atoms with E-state index in [1.807, 2.05) is 145 Å². The molecule has 14 N–H and O–H groups in total. The summed E-state index contributed by atoms with van der Waals surface area (Å²) in [5.74, 6) is -4.71. The molecule has 444 valence electrons. The van der Waals surface area contributed by atoms with Crippen LogP contribution in [0.5, 0.6) is 0 Å². The zero-order valence-electron chi connectivity index (χ0n) is 48.6. The van der Waals surface area contributed by atoms with Gasteiger partial charge in [0, 0.05) is 94.2 Å². The number of rotatable bonds is 29. The van der Waals surface area contributed by atoms with Gasteiger partial charge in [0.25, 0.3) is 0 Å². The lowest BCUT2D eigenvalue weighted by molar-refractivity contribution is -0.136. The number of benzene rings is 4. The molecular weight excluding hydrogens is 1060 g/mol. The van der Waals surface area contributed by atoms with E-state index in [4.69, 9.17) is 5.73 Å². The Balaban J connectivity index is 1.04. The van der Waals surface area contributed by atoms with Crippen molar-refractivity contribution in [2.24, 2.45) is 23.5 Å². The molecule has 84 heavy (non-hydrogen) atoms. The Hall–Kier alpha value is -8.75. The number of H-pyrrole nitrogens is 4. The zero-order chi connectivity index (χ0) is 60.0. The van der Waals surface area contributed by atoms with E-state index < -0.39 is 83.6 Å². The lowest BCUT2D eigenvalue weighted by atomic mass is 9.98. The summed E-state index contributed by atoms with van der Waals surface area (Å²) >= 11 is 0. The summed E-state index contributed by atoms with van der Waals surface area (Å²) in [4.78, 5) is 115. The van der Waals surface area contributed by atoms with Crippen LogP contribution in [0.2, 0.25) is 0 Å². The molecule has 0 radical (unpaired) electrons. The highest BCUT2D eigenvalue weighted by atomic mass is 16.3. The molecular formula is C64H80N12O8. The van der Waals surface area contributed by atoms with Crippen molar-refractivity contribution in [3.8, 4) is 0 Å². The number of aliphatic hydroxyl groups is 1. The molecule has 4 aromatic carbocycles. The molecule has 4 heterocycles. The minimum absolute atomic E-state index is 0.00332. The Bertz CT molecular complexity index is 3580. The molecule has 0 aliphatic rings. The number of aromatic amines is 4. The Kier molecular flexibility index (Phi) is 20.8. The zero-order valence-corrected chi connectivity index (χ0v) is 48.6. The third-order valence-corrected chi connectivity index (χ3v) is 15.1. The normalized spacial score (nSPS) is 14.2. The monoisotopic (exact) mass is 1140 g/mol. The third-order valence-electron chi connectivity index (χ3n) is 15.1. The van der Waals surface area contributed by atoms with Crippen LogP contribution in [0.4, 0.5) is 0 Å². The van der Waals surface area contributed by atoms with E-state index in [1.165, 1.54) is 0 Å². The SMILES string of the molecule is CC(C)C[C@@H](NC(=O)[C@H](Cc1c[nH]c2ccccc12)NC(=O)[C@@H](CC(C)C)NC(=O)[C@H](Cc1c[nH]c2ccccc12)NC(=O)[C@@H](CC(C)C)NC(=O)[C@@H](N)Cc1c[nH]c2ccccc12)C(=O)N[C@@H](Cc1c[nH]c2ccccc12)C(=O)NCCO. The fourth-order valence-electron chi connectivity index (χ4n) is 10.9. The first-order chi connectivity index (χ1) is 40.3. The van der Waals surface area contributed by atoms with Gasteiger partial charge in [-0.15, -0.1) is 0 Å². The molecule has 7 atom stereocenters. The summed E-state index contributed by atoms with van der Waals surface area (Å²) in [7, 11) is 0. The van der Waals surface area contributed by atoms with Crippen molar-refractivity contribution in [1.29, 1.82) is 0 Å². The molecule has 0 saturated carbocycles. The van der Waals surface area contributed by atoms with E-state index in [-0.39, 0.29) is 75.9 Å². The summed E-state index contributed by atoms with van der Waals surface area (Å²) in [5.41, 5.74) is 12.9. The van der Waals surface area contributed by atoms with Crippen LogP contribution >= 0.6 is 0 Å². The van der Waals surface area contributed by atoms with Crippen LogP contribution in [0, 0.1) is 17.8 Å². The molecule has 20 nitrogen and oxygen atoms in total. The molecule has 4 aromatic heterocycles. The predicted octanol–water partition coefficient (Wildman–Crippen LogP) is 5.37. The number of nitrogens with one attached hydrogen (secondary N) is 11. The van der Waals surface area contributed by atoms with Crippen molar-refractivity contribution < 1.29 is 38.7 Å². The van der Waals surface area contributed by atoms with E-state index in [2.05, 4.69) is 57.2 Å². The lowest BCUT2D eigenvalue weighted by Crippen LogP contribution is -2.61. The summed E-state index contributed by atoms with van der Waals surface area (Å²) in [6, 6.07) is 22.2. The van der Waals surface area contributed by atoms with E-state index in [0.717, 1.165) is 54.7 Å². The van der Waals surface area contributed by atoms with Crippen LogP contribution in [-0.4, -0.2) is 122 Å². The largest absolute Gasteiger partial charge is 0.395 e. The molecule has 7 amide bonds. The number of hydrogen-bond donors (Lipinski definition) is 13. The number of aliphatic hydroxyl groups excluding tert-OH is 1. The number of carbonyl (C=O) groups is 7. The van der Waals surface area contributed by atoms with Crippen LogP contribution in [0.3, 0.4) is 0 Å². The Labute approximate surface area is 488 Å². The fourth-order valence-corrected chi connectivity index (χ4v) is 10.9. The van der Waals surface area contributed by atoms with Gasteiger partial charge in [0.05, 0.1) is 12.6 Å². The first kappa shape index (κ1) is 61.3. The topological polar surface area (TPSA) is 313 Å². The van der Waals surface area contributed by atoms with Gasteiger partial charge in [-0.05, 0) is 90.0 Å². The summed E-state index contributed by atoms with van der Waals surface area (Å²) in [6.07, 6.45) is 7.91. The van der Waals surface area contributed by atoms with Crippen LogP contribution < -0.4 is 43.0 Å². The van der Waals surface area contributed by atoms with Crippen LogP contribution in [0.25, 0.3) is 43.6 Å². The van der Waals surface area contributed by atoms with Crippen molar-refractivity contribution >= 4 is 85.0 Å². The van der Waals surface area contributed by atoms with E-state index in [9.17, 15) is 33.9 Å². The summed E-state index contributed by atoms with van der Waals surface area (Å²) < 4.78 is 0. The molecule has 8 aromatic rings. The van der Waals surface area contributed by atoms with Crippen molar-refractivity contribution in [3.63, 3.8) is 0 Å². The van der Waals surface area contributed by atoms with E-state index in [0.29, 0.717) is 11.1 Å². The quantitative estimate of drug-likeness (QED) is 0.0287. The molecule has 8 rings (SSSR count). The molecule has 0 aliphatic carbocycles. The maximum atomic E-state index is 15.0. The van der Waals surface area contributed by atoms with Gasteiger partial charge in [-0.25, -0.2) is 0 Å². The highest BCUT2D eigenvalue weighted by Gasteiger charge is 2.36. The van der Waals surface area contributed by atoms with Gasteiger partial charge in [0.2, 0.25) is 41.4 Å². The van der Waals surface area contributed by atoms with E-state index in [1.54, 1.807) is 18.6 Å². The highest BCUT2D eigenvalue weighted by Crippen LogP contribution is 2.24. The maximum Gasteiger partial charge on any atom is 0.243 e. The number of para-hydroxylation sites is 4. The molecule has 0 aliphatic heterocycles. The predicted molar refractivity (Wildman–Crippen MR) is 326 cm³/mol. The minimum atomic E-state index is -1.30. The Morgan fingerprint density at radius 1 is 0.381 bits per heavy atom. The smallest absolute Gasteiger partial charge is 0.243 e. The summed E-state index contributed by atoms with van der Waals surface area (Å²) in [6.45, 7) is 11.0. The number of nitrogens with two attached hydrogens (primary N) is 1. The minimum Gasteiger partial charge on any atom is -0.395 e. The number of aromatic nitrogens is 4. The molecule has 0 unspecified atom stereocenters. The highest BCUT2D eigenvalue weighted by molar-refractivity contribution is 5.99. The van der Waals surface area contributed by atoms with Gasteiger partial charge >= 0.3 is 0 Å². The van der Waals surface area contributed by atoms with Gasteiger partial charge < -0.3 is 68.0 Å². The van der Waals surface area contributed by atoms with Crippen molar-refractivity contribution in [2.75, 3.05) is 13.2 Å². The van der Waals surface area contributed by atoms with Gasteiger partial charge in [0.1, 0.15) is 36.3 Å². The number of carbonyl (C=O) groups excluding carboxylic acids is 7. The second kappa shape index (κ2) is 28.5. The van der Waals surface area contributed by atoms with Crippen LogP contribution in [-0.2, 0) is 59.2 Å². The average molecular weight is 1150 g/mol. The van der Waals surface area contributed by atoms with Gasteiger partial charge in [-0.2, -0.15) is 0 Å². The molecule has 0 fully saturated rings. The van der Waals surface area contributed by atoms with Crippen molar-refractivity contribution in [1.82, 2.24) is 57.2 Å². The molecule has 0 saturated heterocycles. The second-order valence-electron chi connectivity index (χ2n) is 23.1. The van der Waals surface area contributed by atoms with Crippen molar-refractivity contribution in [2.45, 2.75) is 129 Å². The van der Waals surface area contributed by atoms with Gasteiger partial charge in [0.15, 0.2) is 0 Å². The maximum absolute atomic E-state index is 15.0. The summed E-state index contributed by atoms with van der Waals surface area (Å²) in [5, 5.41) is 33.2. The molecule has 0 spiro atoms. The lowest BCUT2D eigenvalue weighted by Gasteiger charge is -2.29. The Morgan fingerprint density at radius 3 is 0.952 bits per heavy atom. The number of fused-ring (bicyclic) bond motifs is 4. The van der Waals surface area contributed by atoms with Crippen LogP contribution in [0.15, 0.2) is 122 Å². The first-order valence-electron chi connectivity index (χ1n) is 29.0. The van der Waals surface area contributed by atoms with Crippen LogP contribution in [0.1, 0.15) is 83.1 Å². The average Bonchev–Trinajstić information content (AvgIpc) is 3.84. The van der Waals surface area contributed by atoms with Gasteiger partial charge in [-0.1, -0.05) is 114 Å².